The molecule has 0 aromatic rings. The van der Waals surface area contributed by atoms with Crippen LogP contribution < -0.4 is 0 Å². The van der Waals surface area contributed by atoms with Gasteiger partial charge in [0, 0.05) is 0 Å². The molecule has 2 aliphatic heterocycles. The van der Waals surface area contributed by atoms with E-state index < -0.39 is 0 Å². The zero-order chi connectivity index (χ0) is 8.93. The zero-order valence-electron chi connectivity index (χ0n) is 7.44. The van der Waals surface area contributed by atoms with Crippen LogP contribution in [-0.4, -0.2) is 50.5 Å². The van der Waals surface area contributed by atoms with Gasteiger partial charge in [-0.25, -0.2) is 0 Å². The highest BCUT2D eigenvalue weighted by molar-refractivity contribution is 7.98. The molecule has 0 spiro atoms. The average Bonchev–Trinajstić information content (AvgIpc) is 2.99. The number of rotatable bonds is 8. The predicted octanol–water partition coefficient (Wildman–Crippen LogP) is 0.465. The molecule has 0 N–H and O–H groups in total. The topological polar surface area (TPSA) is 43.5 Å². The van der Waals surface area contributed by atoms with E-state index in [-0.39, 0.29) is 0 Å². The molecule has 5 heteroatoms. The van der Waals surface area contributed by atoms with Crippen molar-refractivity contribution in [2.45, 2.75) is 12.2 Å². The second kappa shape index (κ2) is 5.17. The Bertz CT molecular complexity index is 131. The van der Waals surface area contributed by atoms with E-state index in [4.69, 9.17) is 18.9 Å². The minimum absolute atomic E-state index is 0.362. The van der Waals surface area contributed by atoms with Crippen LogP contribution in [0.2, 0.25) is 0 Å². The lowest BCUT2D eigenvalue weighted by atomic mass is 10.5. The van der Waals surface area contributed by atoms with Crippen molar-refractivity contribution in [2.75, 3.05) is 38.3 Å². The van der Waals surface area contributed by atoms with Gasteiger partial charge in [0.25, 0.3) is 0 Å². The number of ether oxygens (including phenoxy) is 4. The smallest absolute Gasteiger partial charge is 0.104 e. The molecule has 0 amide bonds. The van der Waals surface area contributed by atoms with E-state index in [1.165, 1.54) is 0 Å². The maximum Gasteiger partial charge on any atom is 0.104 e. The van der Waals surface area contributed by atoms with Gasteiger partial charge in [-0.1, -0.05) is 0 Å². The summed E-state index contributed by atoms with van der Waals surface area (Å²) in [6, 6.07) is 0. The van der Waals surface area contributed by atoms with E-state index >= 15 is 0 Å². The zero-order valence-corrected chi connectivity index (χ0v) is 8.26. The minimum atomic E-state index is 0.362. The lowest BCUT2D eigenvalue weighted by Gasteiger charge is -2.02. The Morgan fingerprint density at radius 2 is 1.46 bits per heavy atom. The van der Waals surface area contributed by atoms with Crippen molar-refractivity contribution in [1.82, 2.24) is 0 Å². The van der Waals surface area contributed by atoms with E-state index in [1.54, 1.807) is 11.8 Å². The Kier molecular flexibility index (Phi) is 3.87. The van der Waals surface area contributed by atoms with E-state index in [1.807, 2.05) is 0 Å². The fraction of sp³-hybridized carbons (Fsp3) is 1.00. The first-order chi connectivity index (χ1) is 6.45. The summed E-state index contributed by atoms with van der Waals surface area (Å²) in [6.07, 6.45) is 0.725. The quantitative estimate of drug-likeness (QED) is 0.328. The fourth-order valence-electron chi connectivity index (χ4n) is 0.840. The SMILES string of the molecule is C(OCC1CO1)SCOCC1CO1. The predicted molar refractivity (Wildman–Crippen MR) is 48.7 cm³/mol. The van der Waals surface area contributed by atoms with Gasteiger partial charge < -0.3 is 18.9 Å². The summed E-state index contributed by atoms with van der Waals surface area (Å²) < 4.78 is 20.6. The van der Waals surface area contributed by atoms with Crippen molar-refractivity contribution in [3.05, 3.63) is 0 Å². The van der Waals surface area contributed by atoms with E-state index in [0.717, 1.165) is 26.4 Å². The van der Waals surface area contributed by atoms with E-state index in [0.29, 0.717) is 24.1 Å². The molecular weight excluding hydrogens is 192 g/mol. The molecule has 2 atom stereocenters. The van der Waals surface area contributed by atoms with E-state index in [9.17, 15) is 0 Å². The lowest BCUT2D eigenvalue weighted by molar-refractivity contribution is 0.145. The van der Waals surface area contributed by atoms with Crippen LogP contribution in [0.5, 0.6) is 0 Å². The number of thioether (sulfide) groups is 1. The van der Waals surface area contributed by atoms with Gasteiger partial charge in [-0.15, -0.1) is 11.8 Å². The molecule has 2 aliphatic rings. The molecular formula is C8H14O4S. The molecule has 13 heavy (non-hydrogen) atoms. The van der Waals surface area contributed by atoms with Crippen LogP contribution in [0.3, 0.4) is 0 Å². The molecule has 0 aliphatic carbocycles. The van der Waals surface area contributed by atoms with Crippen LogP contribution in [0, 0.1) is 0 Å². The van der Waals surface area contributed by atoms with E-state index in [2.05, 4.69) is 0 Å². The highest BCUT2D eigenvalue weighted by Gasteiger charge is 2.23. The second-order valence-corrected chi connectivity index (χ2v) is 3.97. The summed E-state index contributed by atoms with van der Waals surface area (Å²) in [6.45, 7) is 3.16. The lowest BCUT2D eigenvalue weighted by Crippen LogP contribution is -2.03. The van der Waals surface area contributed by atoms with Gasteiger partial charge in [0.1, 0.15) is 12.2 Å². The van der Waals surface area contributed by atoms with Crippen molar-refractivity contribution in [3.8, 4) is 0 Å². The van der Waals surface area contributed by atoms with Gasteiger partial charge in [0.2, 0.25) is 0 Å². The minimum Gasteiger partial charge on any atom is -0.371 e. The Labute approximate surface area is 81.9 Å². The largest absolute Gasteiger partial charge is 0.371 e. The van der Waals surface area contributed by atoms with Gasteiger partial charge in [0.05, 0.1) is 38.3 Å². The molecule has 0 radical (unpaired) electrons. The maximum absolute atomic E-state index is 5.31. The third kappa shape index (κ3) is 4.83. The normalized spacial score (nSPS) is 30.5. The highest BCUT2D eigenvalue weighted by atomic mass is 32.2. The van der Waals surface area contributed by atoms with Gasteiger partial charge in [0.15, 0.2) is 0 Å². The first kappa shape index (κ1) is 9.73. The summed E-state index contributed by atoms with van der Waals surface area (Å²) in [5.41, 5.74) is 0. The van der Waals surface area contributed by atoms with Crippen molar-refractivity contribution in [1.29, 1.82) is 0 Å². The van der Waals surface area contributed by atoms with Crippen LogP contribution in [0.1, 0.15) is 0 Å². The standard InChI is InChI=1S/C8H14O4S/c1(7-3-11-7)9-5-13-6-10-2-8-4-12-8/h7-8H,1-6H2. The van der Waals surface area contributed by atoms with Crippen LogP contribution in [0.15, 0.2) is 0 Å². The number of hydrogen-bond acceptors (Lipinski definition) is 5. The fourth-order valence-corrected chi connectivity index (χ4v) is 1.34. The molecule has 76 valence electrons. The summed E-state index contributed by atoms with van der Waals surface area (Å²) in [5.74, 6) is 1.37. The molecule has 2 rings (SSSR count). The Morgan fingerprint density at radius 3 is 1.85 bits per heavy atom. The molecule has 0 aromatic carbocycles. The summed E-state index contributed by atoms with van der Waals surface area (Å²) in [4.78, 5) is 0. The van der Waals surface area contributed by atoms with Crippen molar-refractivity contribution < 1.29 is 18.9 Å². The third-order valence-electron chi connectivity index (χ3n) is 1.75. The van der Waals surface area contributed by atoms with Crippen molar-refractivity contribution >= 4 is 11.8 Å². The maximum atomic E-state index is 5.31. The summed E-state index contributed by atoms with van der Waals surface area (Å²) in [5, 5.41) is 0. The molecule has 2 unspecified atom stereocenters. The molecule has 2 fully saturated rings. The Morgan fingerprint density at radius 1 is 1.00 bits per heavy atom. The average molecular weight is 206 g/mol. The van der Waals surface area contributed by atoms with Crippen LogP contribution in [0.4, 0.5) is 0 Å². The summed E-state index contributed by atoms with van der Waals surface area (Å²) in [7, 11) is 0. The summed E-state index contributed by atoms with van der Waals surface area (Å²) >= 11 is 1.64. The molecule has 2 saturated heterocycles. The monoisotopic (exact) mass is 206 g/mol. The highest BCUT2D eigenvalue weighted by Crippen LogP contribution is 2.12. The van der Waals surface area contributed by atoms with Crippen LogP contribution in [-0.2, 0) is 18.9 Å². The number of hydrogen-bond donors (Lipinski definition) is 0. The third-order valence-corrected chi connectivity index (χ3v) is 2.41. The van der Waals surface area contributed by atoms with Crippen LogP contribution >= 0.6 is 11.8 Å². The van der Waals surface area contributed by atoms with Gasteiger partial charge in [-0.3, -0.25) is 0 Å². The van der Waals surface area contributed by atoms with Gasteiger partial charge in [-0.2, -0.15) is 0 Å². The molecule has 0 saturated carbocycles. The van der Waals surface area contributed by atoms with Crippen LogP contribution in [0.25, 0.3) is 0 Å². The molecule has 4 nitrogen and oxygen atoms in total. The van der Waals surface area contributed by atoms with Gasteiger partial charge in [-0.05, 0) is 0 Å². The Hall–Kier alpha value is 0.190. The Balaban J connectivity index is 1.28. The first-order valence-corrected chi connectivity index (χ1v) is 5.57. The first-order valence-electron chi connectivity index (χ1n) is 4.41. The second-order valence-electron chi connectivity index (χ2n) is 3.09. The number of epoxide rings is 2. The van der Waals surface area contributed by atoms with Gasteiger partial charge >= 0.3 is 0 Å². The molecule has 0 aromatic heterocycles. The molecule has 0 bridgehead atoms. The van der Waals surface area contributed by atoms with Crippen molar-refractivity contribution in [2.24, 2.45) is 0 Å². The van der Waals surface area contributed by atoms with Crippen molar-refractivity contribution in [3.63, 3.8) is 0 Å². The molecule has 2 heterocycles.